The van der Waals surface area contributed by atoms with Crippen LogP contribution >= 0.6 is 11.6 Å². The second-order valence-corrected chi connectivity index (χ2v) is 4.84. The highest BCUT2D eigenvalue weighted by atomic mass is 35.5. The van der Waals surface area contributed by atoms with Crippen LogP contribution < -0.4 is 0 Å². The van der Waals surface area contributed by atoms with Crippen molar-refractivity contribution in [3.05, 3.63) is 59.1 Å². The van der Waals surface area contributed by atoms with Crippen LogP contribution in [0.2, 0.25) is 5.02 Å². The standard InChI is InChI=1S/C15H11ClN4O/c1-10-14(18-7-6-17-10)15-11(9-21)8-20(19-15)13-5-3-2-4-12(13)16/h2-9H,1H3. The van der Waals surface area contributed by atoms with Gasteiger partial charge in [-0.15, -0.1) is 0 Å². The number of aryl methyl sites for hydroxylation is 1. The van der Waals surface area contributed by atoms with Gasteiger partial charge in [0, 0.05) is 18.6 Å². The fourth-order valence-electron chi connectivity index (χ4n) is 2.06. The maximum atomic E-state index is 11.3. The first kappa shape index (κ1) is 13.5. The van der Waals surface area contributed by atoms with E-state index in [0.29, 0.717) is 33.4 Å². The number of halogens is 1. The Hall–Kier alpha value is -2.53. The van der Waals surface area contributed by atoms with Gasteiger partial charge < -0.3 is 0 Å². The zero-order valence-electron chi connectivity index (χ0n) is 11.2. The minimum atomic E-state index is 0.443. The summed E-state index contributed by atoms with van der Waals surface area (Å²) in [4.78, 5) is 19.7. The number of hydrogen-bond donors (Lipinski definition) is 0. The van der Waals surface area contributed by atoms with Crippen LogP contribution in [0.15, 0.2) is 42.9 Å². The van der Waals surface area contributed by atoms with E-state index in [1.807, 2.05) is 25.1 Å². The van der Waals surface area contributed by atoms with Gasteiger partial charge in [0.25, 0.3) is 0 Å². The summed E-state index contributed by atoms with van der Waals surface area (Å²) in [6.07, 6.45) is 5.57. The van der Waals surface area contributed by atoms with Crippen molar-refractivity contribution < 1.29 is 4.79 Å². The largest absolute Gasteiger partial charge is 0.298 e. The molecule has 0 N–H and O–H groups in total. The molecule has 0 unspecified atom stereocenters. The Balaban J connectivity index is 2.18. The highest BCUT2D eigenvalue weighted by Crippen LogP contribution is 2.25. The highest BCUT2D eigenvalue weighted by Gasteiger charge is 2.16. The molecule has 21 heavy (non-hydrogen) atoms. The number of para-hydroxylation sites is 1. The molecule has 0 spiro atoms. The van der Waals surface area contributed by atoms with E-state index in [-0.39, 0.29) is 0 Å². The number of aldehydes is 1. The van der Waals surface area contributed by atoms with Gasteiger partial charge in [-0.3, -0.25) is 14.8 Å². The number of carbonyl (C=O) groups is 1. The number of benzene rings is 1. The van der Waals surface area contributed by atoms with Crippen molar-refractivity contribution in [3.8, 4) is 17.1 Å². The van der Waals surface area contributed by atoms with E-state index in [1.165, 1.54) is 0 Å². The SMILES string of the molecule is Cc1nccnc1-c1nn(-c2ccccc2Cl)cc1C=O. The molecule has 2 heterocycles. The van der Waals surface area contributed by atoms with Crippen LogP contribution in [0.3, 0.4) is 0 Å². The molecule has 0 atom stereocenters. The van der Waals surface area contributed by atoms with Gasteiger partial charge in [-0.05, 0) is 19.1 Å². The zero-order chi connectivity index (χ0) is 14.8. The van der Waals surface area contributed by atoms with Gasteiger partial charge in [0.05, 0.1) is 22.0 Å². The van der Waals surface area contributed by atoms with Crippen molar-refractivity contribution in [2.45, 2.75) is 6.92 Å². The Morgan fingerprint density at radius 1 is 1.14 bits per heavy atom. The maximum absolute atomic E-state index is 11.3. The quantitative estimate of drug-likeness (QED) is 0.697. The summed E-state index contributed by atoms with van der Waals surface area (Å²) < 4.78 is 1.58. The third-order valence-corrected chi connectivity index (χ3v) is 3.39. The summed E-state index contributed by atoms with van der Waals surface area (Å²) in [5.41, 5.74) is 2.94. The molecule has 0 saturated heterocycles. The van der Waals surface area contributed by atoms with E-state index in [2.05, 4.69) is 15.1 Å². The van der Waals surface area contributed by atoms with Gasteiger partial charge >= 0.3 is 0 Å². The smallest absolute Gasteiger partial charge is 0.153 e. The van der Waals surface area contributed by atoms with E-state index in [1.54, 1.807) is 29.3 Å². The number of nitrogens with zero attached hydrogens (tertiary/aromatic N) is 4. The molecule has 0 aliphatic rings. The van der Waals surface area contributed by atoms with Crippen LogP contribution in [0.4, 0.5) is 0 Å². The number of rotatable bonds is 3. The summed E-state index contributed by atoms with van der Waals surface area (Å²) in [6, 6.07) is 7.30. The molecule has 0 saturated carbocycles. The molecule has 0 aliphatic carbocycles. The first-order chi connectivity index (χ1) is 10.2. The molecule has 2 aromatic heterocycles. The van der Waals surface area contributed by atoms with Crippen molar-refractivity contribution in [1.82, 2.24) is 19.7 Å². The molecular formula is C15H11ClN4O. The Morgan fingerprint density at radius 3 is 2.62 bits per heavy atom. The lowest BCUT2D eigenvalue weighted by Gasteiger charge is -2.03. The molecule has 3 aromatic rings. The Morgan fingerprint density at radius 2 is 1.90 bits per heavy atom. The predicted octanol–water partition coefficient (Wildman–Crippen LogP) is 3.10. The van der Waals surface area contributed by atoms with Gasteiger partial charge in [-0.2, -0.15) is 5.10 Å². The Labute approximate surface area is 126 Å². The number of hydrogen-bond acceptors (Lipinski definition) is 4. The molecule has 0 aliphatic heterocycles. The third-order valence-electron chi connectivity index (χ3n) is 3.07. The average Bonchev–Trinajstić information content (AvgIpc) is 2.92. The van der Waals surface area contributed by atoms with Gasteiger partial charge in [0.1, 0.15) is 11.4 Å². The van der Waals surface area contributed by atoms with Crippen molar-refractivity contribution in [2.24, 2.45) is 0 Å². The lowest BCUT2D eigenvalue weighted by molar-refractivity contribution is 0.112. The highest BCUT2D eigenvalue weighted by molar-refractivity contribution is 6.32. The second-order valence-electron chi connectivity index (χ2n) is 4.44. The summed E-state index contributed by atoms with van der Waals surface area (Å²) >= 11 is 6.16. The Kier molecular flexibility index (Phi) is 3.50. The monoisotopic (exact) mass is 298 g/mol. The van der Waals surface area contributed by atoms with Crippen LogP contribution in [-0.2, 0) is 0 Å². The predicted molar refractivity (Wildman–Crippen MR) is 79.7 cm³/mol. The molecule has 0 radical (unpaired) electrons. The van der Waals surface area contributed by atoms with E-state index < -0.39 is 0 Å². The van der Waals surface area contributed by atoms with Gasteiger partial charge in [-0.25, -0.2) is 4.68 Å². The van der Waals surface area contributed by atoms with E-state index in [0.717, 1.165) is 6.29 Å². The molecule has 0 amide bonds. The van der Waals surface area contributed by atoms with Crippen molar-refractivity contribution in [2.75, 3.05) is 0 Å². The lowest BCUT2D eigenvalue weighted by atomic mass is 10.2. The molecule has 3 rings (SSSR count). The zero-order valence-corrected chi connectivity index (χ0v) is 11.9. The molecule has 5 nitrogen and oxygen atoms in total. The van der Waals surface area contributed by atoms with Crippen molar-refractivity contribution >= 4 is 17.9 Å². The third kappa shape index (κ3) is 2.43. The maximum Gasteiger partial charge on any atom is 0.153 e. The van der Waals surface area contributed by atoms with Gasteiger partial charge in [-0.1, -0.05) is 23.7 Å². The topological polar surface area (TPSA) is 60.7 Å². The van der Waals surface area contributed by atoms with E-state index in [4.69, 9.17) is 11.6 Å². The fraction of sp³-hybridized carbons (Fsp3) is 0.0667. The minimum Gasteiger partial charge on any atom is -0.298 e. The average molecular weight is 299 g/mol. The second kappa shape index (κ2) is 5.46. The van der Waals surface area contributed by atoms with Crippen LogP contribution in [-0.4, -0.2) is 26.0 Å². The normalized spacial score (nSPS) is 10.6. The number of aromatic nitrogens is 4. The molecule has 0 bridgehead atoms. The molecular weight excluding hydrogens is 288 g/mol. The van der Waals surface area contributed by atoms with Crippen LogP contribution in [0.25, 0.3) is 17.1 Å². The minimum absolute atomic E-state index is 0.443. The molecule has 6 heteroatoms. The van der Waals surface area contributed by atoms with E-state index in [9.17, 15) is 4.79 Å². The van der Waals surface area contributed by atoms with Crippen LogP contribution in [0, 0.1) is 6.92 Å². The van der Waals surface area contributed by atoms with Crippen LogP contribution in [0.5, 0.6) is 0 Å². The van der Waals surface area contributed by atoms with Gasteiger partial charge in [0.15, 0.2) is 6.29 Å². The fourth-order valence-corrected chi connectivity index (χ4v) is 2.28. The summed E-state index contributed by atoms with van der Waals surface area (Å²) in [5, 5.41) is 5.00. The summed E-state index contributed by atoms with van der Waals surface area (Å²) in [5.74, 6) is 0. The lowest BCUT2D eigenvalue weighted by Crippen LogP contribution is -1.97. The number of carbonyl (C=O) groups excluding carboxylic acids is 1. The first-order valence-electron chi connectivity index (χ1n) is 6.28. The Bertz CT molecular complexity index is 813. The molecule has 0 fully saturated rings. The van der Waals surface area contributed by atoms with Gasteiger partial charge in [0.2, 0.25) is 0 Å². The first-order valence-corrected chi connectivity index (χ1v) is 6.66. The van der Waals surface area contributed by atoms with Crippen molar-refractivity contribution in [1.29, 1.82) is 0 Å². The summed E-state index contributed by atoms with van der Waals surface area (Å²) in [6.45, 7) is 1.82. The molecule has 104 valence electrons. The summed E-state index contributed by atoms with van der Waals surface area (Å²) in [7, 11) is 0. The molecule has 1 aromatic carbocycles. The van der Waals surface area contributed by atoms with Crippen molar-refractivity contribution in [3.63, 3.8) is 0 Å². The van der Waals surface area contributed by atoms with Crippen LogP contribution in [0.1, 0.15) is 16.1 Å². The van der Waals surface area contributed by atoms with E-state index >= 15 is 0 Å².